The van der Waals surface area contributed by atoms with Gasteiger partial charge in [0.2, 0.25) is 0 Å². The molecule has 1 heterocycles. The molecule has 5 nitrogen and oxygen atoms in total. The largest absolute Gasteiger partial charge is 0.493 e. The second-order valence-corrected chi connectivity index (χ2v) is 7.24. The minimum absolute atomic E-state index is 0. The summed E-state index contributed by atoms with van der Waals surface area (Å²) in [4.78, 5) is 4.34. The SMILES string of the molecule is CN=C(NCCCOC1CCCCC1)NCC1CCOc2ccccc21.I. The Balaban J connectivity index is 0.00000261. The lowest BCUT2D eigenvalue weighted by molar-refractivity contribution is 0.0277. The zero-order valence-electron chi connectivity index (χ0n) is 16.4. The molecule has 1 aromatic carbocycles. The van der Waals surface area contributed by atoms with Crippen LogP contribution in [0.4, 0.5) is 0 Å². The Morgan fingerprint density at radius 3 is 2.78 bits per heavy atom. The molecule has 0 spiro atoms. The first-order valence-electron chi connectivity index (χ1n) is 10.1. The first kappa shape index (κ1) is 22.3. The van der Waals surface area contributed by atoms with Gasteiger partial charge in [-0.05, 0) is 37.3 Å². The van der Waals surface area contributed by atoms with E-state index < -0.39 is 0 Å². The summed E-state index contributed by atoms with van der Waals surface area (Å²) in [6, 6.07) is 8.34. The molecular formula is C21H34IN3O2. The van der Waals surface area contributed by atoms with Crippen molar-refractivity contribution in [2.24, 2.45) is 4.99 Å². The number of aliphatic imine (C=N–C) groups is 1. The van der Waals surface area contributed by atoms with Gasteiger partial charge in [0.15, 0.2) is 5.96 Å². The molecule has 27 heavy (non-hydrogen) atoms. The normalized spacial score (nSPS) is 20.2. The molecule has 6 heteroatoms. The van der Waals surface area contributed by atoms with E-state index in [1.807, 2.05) is 13.1 Å². The Morgan fingerprint density at radius 1 is 1.15 bits per heavy atom. The van der Waals surface area contributed by atoms with E-state index in [4.69, 9.17) is 9.47 Å². The first-order valence-corrected chi connectivity index (χ1v) is 10.1. The van der Waals surface area contributed by atoms with Gasteiger partial charge in [-0.15, -0.1) is 24.0 Å². The summed E-state index contributed by atoms with van der Waals surface area (Å²) in [7, 11) is 1.83. The molecule has 1 atom stereocenters. The van der Waals surface area contributed by atoms with Crippen LogP contribution in [0.3, 0.4) is 0 Å². The van der Waals surface area contributed by atoms with Crippen LogP contribution < -0.4 is 15.4 Å². The summed E-state index contributed by atoms with van der Waals surface area (Å²) < 4.78 is 11.7. The summed E-state index contributed by atoms with van der Waals surface area (Å²) >= 11 is 0. The number of nitrogens with zero attached hydrogens (tertiary/aromatic N) is 1. The maximum absolute atomic E-state index is 5.98. The van der Waals surface area contributed by atoms with E-state index in [0.29, 0.717) is 12.0 Å². The second-order valence-electron chi connectivity index (χ2n) is 7.24. The third-order valence-electron chi connectivity index (χ3n) is 5.34. The zero-order valence-corrected chi connectivity index (χ0v) is 18.7. The summed E-state index contributed by atoms with van der Waals surface area (Å²) in [5.74, 6) is 2.35. The molecule has 0 aromatic heterocycles. The number of rotatable bonds is 7. The van der Waals surface area contributed by atoms with Gasteiger partial charge in [0.05, 0.1) is 12.7 Å². The van der Waals surface area contributed by atoms with Crippen molar-refractivity contribution in [3.63, 3.8) is 0 Å². The van der Waals surface area contributed by atoms with Crippen LogP contribution in [0.2, 0.25) is 0 Å². The molecular weight excluding hydrogens is 453 g/mol. The van der Waals surface area contributed by atoms with Crippen molar-refractivity contribution >= 4 is 29.9 Å². The van der Waals surface area contributed by atoms with Crippen LogP contribution in [0.1, 0.15) is 56.4 Å². The fourth-order valence-corrected chi connectivity index (χ4v) is 3.83. The molecule has 1 aliphatic heterocycles. The monoisotopic (exact) mass is 487 g/mol. The van der Waals surface area contributed by atoms with Crippen LogP contribution in [-0.4, -0.2) is 45.4 Å². The van der Waals surface area contributed by atoms with Gasteiger partial charge in [-0.1, -0.05) is 37.5 Å². The zero-order chi connectivity index (χ0) is 18.0. The van der Waals surface area contributed by atoms with Gasteiger partial charge in [-0.3, -0.25) is 4.99 Å². The lowest BCUT2D eigenvalue weighted by atomic mass is 9.93. The van der Waals surface area contributed by atoms with Crippen molar-refractivity contribution in [2.75, 3.05) is 33.4 Å². The molecule has 3 rings (SSSR count). The van der Waals surface area contributed by atoms with Gasteiger partial charge in [0, 0.05) is 32.7 Å². The van der Waals surface area contributed by atoms with Crippen molar-refractivity contribution in [1.29, 1.82) is 0 Å². The maximum Gasteiger partial charge on any atom is 0.190 e. The van der Waals surface area contributed by atoms with Gasteiger partial charge < -0.3 is 20.1 Å². The lowest BCUT2D eigenvalue weighted by Crippen LogP contribution is -2.40. The number of ether oxygens (including phenoxy) is 2. The lowest BCUT2D eigenvalue weighted by Gasteiger charge is -2.26. The molecule has 0 radical (unpaired) electrons. The van der Waals surface area contributed by atoms with Gasteiger partial charge in [-0.25, -0.2) is 0 Å². The second kappa shape index (κ2) is 12.4. The van der Waals surface area contributed by atoms with E-state index in [9.17, 15) is 0 Å². The number of hydrogen-bond donors (Lipinski definition) is 2. The van der Waals surface area contributed by atoms with E-state index >= 15 is 0 Å². The van der Waals surface area contributed by atoms with Crippen molar-refractivity contribution in [3.05, 3.63) is 29.8 Å². The summed E-state index contributed by atoms with van der Waals surface area (Å²) in [6.45, 7) is 3.38. The number of hydrogen-bond acceptors (Lipinski definition) is 3. The van der Waals surface area contributed by atoms with E-state index in [2.05, 4.69) is 33.8 Å². The third-order valence-corrected chi connectivity index (χ3v) is 5.34. The summed E-state index contributed by atoms with van der Waals surface area (Å²) in [5.41, 5.74) is 1.29. The number of halogens is 1. The Kier molecular flexibility index (Phi) is 10.3. The molecule has 0 amide bonds. The van der Waals surface area contributed by atoms with Gasteiger partial charge >= 0.3 is 0 Å². The van der Waals surface area contributed by atoms with E-state index in [1.54, 1.807) is 0 Å². The fraction of sp³-hybridized carbons (Fsp3) is 0.667. The highest BCUT2D eigenvalue weighted by Crippen LogP contribution is 2.32. The Bertz CT molecular complexity index is 576. The molecule has 0 bridgehead atoms. The molecule has 1 saturated carbocycles. The van der Waals surface area contributed by atoms with Crippen LogP contribution in [0.15, 0.2) is 29.3 Å². The maximum atomic E-state index is 5.98. The molecule has 2 aliphatic rings. The topological polar surface area (TPSA) is 54.9 Å². The van der Waals surface area contributed by atoms with Crippen molar-refractivity contribution in [3.8, 4) is 5.75 Å². The fourth-order valence-electron chi connectivity index (χ4n) is 3.83. The highest BCUT2D eigenvalue weighted by Gasteiger charge is 2.21. The average Bonchev–Trinajstić information content (AvgIpc) is 2.71. The number of fused-ring (bicyclic) bond motifs is 1. The van der Waals surface area contributed by atoms with Crippen molar-refractivity contribution in [1.82, 2.24) is 10.6 Å². The summed E-state index contributed by atoms with van der Waals surface area (Å²) in [6.07, 6.45) is 9.06. The standard InChI is InChI=1S/C21H33N3O2.HI/c1-22-21(23-13-7-14-25-18-8-3-2-4-9-18)24-16-17-12-15-26-20-11-6-5-10-19(17)20;/h5-6,10-11,17-18H,2-4,7-9,12-16H2,1H3,(H2,22,23,24);1H. The van der Waals surface area contributed by atoms with Gasteiger partial charge in [0.25, 0.3) is 0 Å². The molecule has 1 fully saturated rings. The van der Waals surface area contributed by atoms with Crippen LogP contribution in [0.25, 0.3) is 0 Å². The number of benzene rings is 1. The van der Waals surface area contributed by atoms with Crippen molar-refractivity contribution < 1.29 is 9.47 Å². The number of para-hydroxylation sites is 1. The Hall–Kier alpha value is -1.02. The van der Waals surface area contributed by atoms with Crippen molar-refractivity contribution in [2.45, 2.75) is 57.0 Å². The number of nitrogens with one attached hydrogen (secondary N) is 2. The average molecular weight is 487 g/mol. The minimum Gasteiger partial charge on any atom is -0.493 e. The highest BCUT2D eigenvalue weighted by atomic mass is 127. The summed E-state index contributed by atoms with van der Waals surface area (Å²) in [5, 5.41) is 6.86. The smallest absolute Gasteiger partial charge is 0.190 e. The Morgan fingerprint density at radius 2 is 1.96 bits per heavy atom. The quantitative estimate of drug-likeness (QED) is 0.264. The molecule has 152 valence electrons. The van der Waals surface area contributed by atoms with E-state index in [-0.39, 0.29) is 24.0 Å². The van der Waals surface area contributed by atoms with Crippen LogP contribution in [0, 0.1) is 0 Å². The molecule has 1 aliphatic carbocycles. The predicted octanol–water partition coefficient (Wildman–Crippen LogP) is 4.08. The van der Waals surface area contributed by atoms with Gasteiger partial charge in [-0.2, -0.15) is 0 Å². The highest BCUT2D eigenvalue weighted by molar-refractivity contribution is 14.0. The predicted molar refractivity (Wildman–Crippen MR) is 122 cm³/mol. The molecule has 2 N–H and O–H groups in total. The minimum atomic E-state index is 0. The molecule has 1 aromatic rings. The van der Waals surface area contributed by atoms with E-state index in [0.717, 1.165) is 50.9 Å². The van der Waals surface area contributed by atoms with Crippen LogP contribution in [0.5, 0.6) is 5.75 Å². The Labute approximate surface area is 180 Å². The van der Waals surface area contributed by atoms with Crippen LogP contribution in [-0.2, 0) is 4.74 Å². The number of guanidine groups is 1. The van der Waals surface area contributed by atoms with E-state index in [1.165, 1.54) is 37.7 Å². The third kappa shape index (κ3) is 7.14. The molecule has 1 unspecified atom stereocenters. The van der Waals surface area contributed by atoms with Gasteiger partial charge in [0.1, 0.15) is 5.75 Å². The first-order chi connectivity index (χ1) is 12.9. The molecule has 0 saturated heterocycles. The van der Waals surface area contributed by atoms with Crippen LogP contribution >= 0.6 is 24.0 Å².